The van der Waals surface area contributed by atoms with Crippen molar-refractivity contribution in [3.63, 3.8) is 0 Å². The van der Waals surface area contributed by atoms with Crippen LogP contribution in [0, 0.1) is 18.8 Å². The van der Waals surface area contributed by atoms with E-state index in [2.05, 4.69) is 42.9 Å². The third kappa shape index (κ3) is 6.11. The van der Waals surface area contributed by atoms with Gasteiger partial charge in [-0.05, 0) is 43.3 Å². The number of fused-ring (bicyclic) bond motifs is 1. The van der Waals surface area contributed by atoms with E-state index in [0.717, 1.165) is 20.8 Å². The zero-order valence-electron chi connectivity index (χ0n) is 20.0. The molecule has 2 atom stereocenters. The van der Waals surface area contributed by atoms with Gasteiger partial charge >= 0.3 is 6.09 Å². The lowest BCUT2D eigenvalue weighted by atomic mass is 10.2. The largest absolute Gasteiger partial charge is 0.445 e. The highest BCUT2D eigenvalue weighted by molar-refractivity contribution is 7.20. The molecule has 12 heteroatoms. The number of aryl methyl sites for hydroxylation is 1. The predicted molar refractivity (Wildman–Crippen MR) is 141 cm³/mol. The van der Waals surface area contributed by atoms with Gasteiger partial charge in [-0.3, -0.25) is 5.32 Å². The van der Waals surface area contributed by atoms with Gasteiger partial charge in [0.05, 0.1) is 26.2 Å². The van der Waals surface area contributed by atoms with E-state index < -0.39 is 6.09 Å². The number of hydrogen-bond acceptors (Lipinski definition) is 10. The van der Waals surface area contributed by atoms with Crippen molar-refractivity contribution in [2.45, 2.75) is 32.4 Å². The molecule has 0 bridgehead atoms. The van der Waals surface area contributed by atoms with Crippen LogP contribution in [0.5, 0.6) is 11.6 Å². The number of rotatable bonds is 6. The number of anilines is 2. The van der Waals surface area contributed by atoms with E-state index in [1.54, 1.807) is 25.1 Å². The second-order valence-electron chi connectivity index (χ2n) is 8.22. The van der Waals surface area contributed by atoms with Gasteiger partial charge in [0.25, 0.3) is 5.88 Å². The molecule has 3 N–H and O–H groups in total. The third-order valence-electron chi connectivity index (χ3n) is 5.38. The Morgan fingerprint density at radius 1 is 1.32 bits per heavy atom. The van der Waals surface area contributed by atoms with Crippen molar-refractivity contribution in [2.24, 2.45) is 0 Å². The van der Waals surface area contributed by atoms with Crippen molar-refractivity contribution < 1.29 is 18.8 Å². The molecule has 1 aliphatic rings. The van der Waals surface area contributed by atoms with Crippen LogP contribution in [-0.4, -0.2) is 46.5 Å². The highest BCUT2D eigenvalue weighted by Gasteiger charge is 2.25. The monoisotopic (exact) mass is 538 g/mol. The van der Waals surface area contributed by atoms with Gasteiger partial charge in [0.15, 0.2) is 5.82 Å². The van der Waals surface area contributed by atoms with E-state index >= 15 is 0 Å². The summed E-state index contributed by atoms with van der Waals surface area (Å²) in [6.45, 7) is 4.74. The molecule has 10 nitrogen and oxygen atoms in total. The quantitative estimate of drug-likeness (QED) is 0.291. The first-order valence-electron chi connectivity index (χ1n) is 11.6. The molecule has 1 aliphatic heterocycles. The summed E-state index contributed by atoms with van der Waals surface area (Å²) in [6, 6.07) is 8.88. The zero-order valence-corrected chi connectivity index (χ0v) is 21.6. The number of hydrogen-bond donors (Lipinski definition) is 3. The smallest absolute Gasteiger partial charge is 0.407 e. The lowest BCUT2D eigenvalue weighted by molar-refractivity contribution is 0.107. The molecule has 4 heterocycles. The van der Waals surface area contributed by atoms with Crippen LogP contribution < -0.4 is 20.7 Å². The van der Waals surface area contributed by atoms with E-state index in [9.17, 15) is 4.79 Å². The lowest BCUT2D eigenvalue weighted by Gasteiger charge is -2.10. The van der Waals surface area contributed by atoms with Crippen LogP contribution >= 0.6 is 22.9 Å². The molecule has 0 radical (unpaired) electrons. The molecule has 37 heavy (non-hydrogen) atoms. The number of carbonyl (C=O) groups is 1. The number of nitrogens with one attached hydrogen (secondary N) is 3. The fourth-order valence-electron chi connectivity index (χ4n) is 3.71. The number of nitrogens with zero attached hydrogens (tertiary/aromatic N) is 3. The molecule has 1 saturated heterocycles. The van der Waals surface area contributed by atoms with E-state index in [0.29, 0.717) is 47.7 Å². The lowest BCUT2D eigenvalue weighted by Crippen LogP contribution is -2.29. The van der Waals surface area contributed by atoms with Crippen LogP contribution in [-0.2, 0) is 4.74 Å². The van der Waals surface area contributed by atoms with E-state index in [1.807, 2.05) is 19.1 Å². The van der Waals surface area contributed by atoms with Crippen molar-refractivity contribution in [3.05, 3.63) is 52.3 Å². The number of carbonyl (C=O) groups excluding carboxylic acids is 1. The van der Waals surface area contributed by atoms with Gasteiger partial charge < -0.3 is 24.6 Å². The summed E-state index contributed by atoms with van der Waals surface area (Å²) >= 11 is 7.92. The van der Waals surface area contributed by atoms with Crippen molar-refractivity contribution in [2.75, 3.05) is 18.4 Å². The number of halogens is 1. The summed E-state index contributed by atoms with van der Waals surface area (Å²) in [5, 5.41) is 13.4. The molecule has 1 fully saturated rings. The third-order valence-corrected chi connectivity index (χ3v) is 6.72. The Bertz CT molecular complexity index is 1490. The predicted octanol–water partition coefficient (Wildman–Crippen LogP) is 5.01. The van der Waals surface area contributed by atoms with Crippen molar-refractivity contribution in [3.8, 4) is 23.5 Å². The number of benzene rings is 1. The first-order chi connectivity index (χ1) is 18.0. The number of aromatic nitrogens is 3. The summed E-state index contributed by atoms with van der Waals surface area (Å²) in [6.07, 6.45) is 1.54. The summed E-state index contributed by atoms with van der Waals surface area (Å²) < 4.78 is 16.9. The Morgan fingerprint density at radius 2 is 2.22 bits per heavy atom. The molecule has 2 unspecified atom stereocenters. The molecule has 3 aromatic heterocycles. The van der Waals surface area contributed by atoms with E-state index in [1.165, 1.54) is 17.7 Å². The van der Waals surface area contributed by atoms with Crippen LogP contribution in [0.2, 0.25) is 5.02 Å². The maximum absolute atomic E-state index is 11.6. The Balaban J connectivity index is 1.26. The molecule has 1 aromatic carbocycles. The highest BCUT2D eigenvalue weighted by Crippen LogP contribution is 2.34. The van der Waals surface area contributed by atoms with Crippen molar-refractivity contribution in [1.29, 1.82) is 0 Å². The highest BCUT2D eigenvalue weighted by atomic mass is 35.5. The SMILES string of the molecule is CCNC(=O)OC1CNC(C#Cc2cc3ncnc(Nc4ccc(Oc5cc(C)on5)c(Cl)c4)c3s2)C1. The minimum absolute atomic E-state index is 0.0580. The van der Waals surface area contributed by atoms with Crippen molar-refractivity contribution >= 4 is 50.8 Å². The summed E-state index contributed by atoms with van der Waals surface area (Å²) in [5.41, 5.74) is 1.53. The van der Waals surface area contributed by atoms with Crippen molar-refractivity contribution in [1.82, 2.24) is 25.8 Å². The van der Waals surface area contributed by atoms with Crippen LogP contribution in [0.1, 0.15) is 24.0 Å². The molecule has 0 saturated carbocycles. The van der Waals surface area contributed by atoms with Crippen LogP contribution in [0.4, 0.5) is 16.3 Å². The molecular weight excluding hydrogens is 516 g/mol. The fraction of sp³-hybridized carbons (Fsp3) is 0.280. The molecule has 1 amide bonds. The normalized spacial score (nSPS) is 16.7. The second kappa shape index (κ2) is 11.0. The standard InChI is InChI=1S/C25H23ClN6O4S/c1-3-27-25(33)34-17-9-15(28-12-17)4-6-18-11-20-23(37-18)24(30-13-29-20)31-16-5-7-21(19(26)10-16)35-22-8-14(2)36-32-22/h5,7-8,10-11,13,15,17,28H,3,9,12H2,1-2H3,(H,27,33)(H,29,30,31). The maximum Gasteiger partial charge on any atom is 0.407 e. The average Bonchev–Trinajstić information content (AvgIpc) is 3.60. The molecule has 0 spiro atoms. The number of thiophene rings is 1. The van der Waals surface area contributed by atoms with Crippen LogP contribution in [0.25, 0.3) is 10.2 Å². The summed E-state index contributed by atoms with van der Waals surface area (Å²) in [7, 11) is 0. The minimum Gasteiger partial charge on any atom is -0.445 e. The van der Waals surface area contributed by atoms with Gasteiger partial charge in [-0.2, -0.15) is 0 Å². The Kier molecular flexibility index (Phi) is 7.41. The maximum atomic E-state index is 11.6. The Morgan fingerprint density at radius 3 is 3.00 bits per heavy atom. The first-order valence-corrected chi connectivity index (χ1v) is 12.8. The van der Waals surface area contributed by atoms with E-state index in [4.69, 9.17) is 25.6 Å². The van der Waals surface area contributed by atoms with Gasteiger partial charge in [-0.15, -0.1) is 11.3 Å². The van der Waals surface area contributed by atoms with Gasteiger partial charge in [-0.25, -0.2) is 14.8 Å². The fourth-order valence-corrected chi connectivity index (χ4v) is 4.84. The molecule has 190 valence electrons. The summed E-state index contributed by atoms with van der Waals surface area (Å²) in [4.78, 5) is 21.3. The van der Waals surface area contributed by atoms with E-state index in [-0.39, 0.29) is 12.1 Å². The van der Waals surface area contributed by atoms with Gasteiger partial charge in [0.1, 0.15) is 23.9 Å². The van der Waals surface area contributed by atoms with Crippen LogP contribution in [0.3, 0.4) is 0 Å². The second-order valence-corrected chi connectivity index (χ2v) is 9.68. The average molecular weight is 539 g/mol. The number of amides is 1. The summed E-state index contributed by atoms with van der Waals surface area (Å²) in [5.74, 6) is 8.52. The molecular formula is C25H23ClN6O4S. The number of alkyl carbamates (subject to hydrolysis) is 1. The zero-order chi connectivity index (χ0) is 25.8. The Hall–Kier alpha value is -3.85. The molecule has 5 rings (SSSR count). The first kappa shape index (κ1) is 24.8. The minimum atomic E-state index is -0.403. The van der Waals surface area contributed by atoms with Gasteiger partial charge in [0.2, 0.25) is 0 Å². The molecule has 4 aromatic rings. The number of ether oxygens (including phenoxy) is 2. The van der Waals surface area contributed by atoms with Gasteiger partial charge in [-0.1, -0.05) is 23.4 Å². The molecule has 0 aliphatic carbocycles. The topological polar surface area (TPSA) is 123 Å². The van der Waals surface area contributed by atoms with Crippen LogP contribution in [0.15, 0.2) is 41.2 Å². The Labute approximate surface area is 221 Å². The van der Waals surface area contributed by atoms with Gasteiger partial charge in [0, 0.05) is 31.3 Å².